The molecule has 4 rings (SSSR count). The van der Waals surface area contributed by atoms with Crippen LogP contribution in [0.25, 0.3) is 10.9 Å². The topological polar surface area (TPSA) is 107 Å². The number of hydrogen-bond donors (Lipinski definition) is 2. The number of nitrogens with zero attached hydrogens (tertiary/aromatic N) is 1. The van der Waals surface area contributed by atoms with Crippen LogP contribution >= 0.6 is 0 Å². The molecule has 0 atom stereocenters. The maximum absolute atomic E-state index is 13.7. The average Bonchev–Trinajstić information content (AvgIpc) is 2.85. The molecule has 1 amide bonds. The lowest BCUT2D eigenvalue weighted by molar-refractivity contribution is -0.146. The smallest absolute Gasteiger partial charge is 0.329 e. The van der Waals surface area contributed by atoms with E-state index >= 15 is 0 Å². The Morgan fingerprint density at radius 1 is 1.03 bits per heavy atom. The summed E-state index contributed by atoms with van der Waals surface area (Å²) in [6, 6.07) is 5.10. The molecular weight excluding hydrogens is 448 g/mol. The van der Waals surface area contributed by atoms with Gasteiger partial charge in [0.05, 0.1) is 19.2 Å². The van der Waals surface area contributed by atoms with Crippen LogP contribution in [0.5, 0.6) is 11.5 Å². The minimum atomic E-state index is -1.38. The molecule has 2 N–H and O–H groups in total. The molecule has 8 nitrogen and oxygen atoms in total. The van der Waals surface area contributed by atoms with Crippen molar-refractivity contribution in [2.45, 2.75) is 78.3 Å². The number of methoxy groups -OCH3 is 1. The van der Waals surface area contributed by atoms with Crippen LogP contribution < -0.4 is 20.3 Å². The first-order valence-corrected chi connectivity index (χ1v) is 12.3. The van der Waals surface area contributed by atoms with Gasteiger partial charge < -0.3 is 24.5 Å². The maximum Gasteiger partial charge on any atom is 0.329 e. The van der Waals surface area contributed by atoms with Crippen LogP contribution in [-0.4, -0.2) is 40.8 Å². The minimum Gasteiger partial charge on any atom is -0.493 e. The van der Waals surface area contributed by atoms with Crippen LogP contribution in [0.15, 0.2) is 23.0 Å². The molecule has 0 unspecified atom stereocenters. The SMILES string of the molecule is COc1ccc2cc(C(=O)NC3(C(=O)O)CCC(C)(C)CC3)c(=O)n3c2c1OCCC(C)(C)CC3. The molecule has 2 heterocycles. The molecule has 1 aromatic carbocycles. The Balaban J connectivity index is 1.81. The Bertz CT molecular complexity index is 1220. The Labute approximate surface area is 205 Å². The molecule has 35 heavy (non-hydrogen) atoms. The van der Waals surface area contributed by atoms with Gasteiger partial charge in [-0.25, -0.2) is 4.79 Å². The summed E-state index contributed by atoms with van der Waals surface area (Å²) in [5, 5.41) is 13.4. The minimum absolute atomic E-state index is 0.0217. The van der Waals surface area contributed by atoms with Gasteiger partial charge in [0.15, 0.2) is 11.5 Å². The number of carboxylic acids is 1. The highest BCUT2D eigenvalue weighted by atomic mass is 16.5. The summed E-state index contributed by atoms with van der Waals surface area (Å²) in [5.41, 5.74) is -1.34. The van der Waals surface area contributed by atoms with E-state index in [9.17, 15) is 19.5 Å². The zero-order valence-corrected chi connectivity index (χ0v) is 21.3. The number of carbonyl (C=O) groups excluding carboxylic acids is 1. The second-order valence-electron chi connectivity index (χ2n) is 11.6. The number of amides is 1. The lowest BCUT2D eigenvalue weighted by Gasteiger charge is -2.41. The molecule has 1 saturated carbocycles. The van der Waals surface area contributed by atoms with Gasteiger partial charge in [-0.1, -0.05) is 27.7 Å². The Morgan fingerprint density at radius 3 is 2.31 bits per heavy atom. The average molecular weight is 485 g/mol. The van der Waals surface area contributed by atoms with Crippen molar-refractivity contribution < 1.29 is 24.2 Å². The van der Waals surface area contributed by atoms with E-state index in [0.29, 0.717) is 61.2 Å². The highest BCUT2D eigenvalue weighted by molar-refractivity contribution is 6.01. The third-order valence-electron chi connectivity index (χ3n) is 7.89. The highest BCUT2D eigenvalue weighted by Gasteiger charge is 2.45. The van der Waals surface area contributed by atoms with Crippen molar-refractivity contribution in [3.63, 3.8) is 0 Å². The van der Waals surface area contributed by atoms with Crippen molar-refractivity contribution >= 4 is 22.8 Å². The number of aromatic nitrogens is 1. The van der Waals surface area contributed by atoms with Crippen molar-refractivity contribution in [1.82, 2.24) is 9.88 Å². The summed E-state index contributed by atoms with van der Waals surface area (Å²) >= 11 is 0. The first-order chi connectivity index (χ1) is 16.4. The van der Waals surface area contributed by atoms with E-state index in [4.69, 9.17) is 9.47 Å². The number of benzene rings is 1. The number of aliphatic carboxylic acids is 1. The lowest BCUT2D eigenvalue weighted by atomic mass is 9.69. The molecular formula is C27H36N2O6. The van der Waals surface area contributed by atoms with Crippen LogP contribution in [0.3, 0.4) is 0 Å². The normalized spacial score (nSPS) is 20.6. The molecule has 2 aromatic rings. The van der Waals surface area contributed by atoms with Gasteiger partial charge >= 0.3 is 5.97 Å². The molecule has 190 valence electrons. The Morgan fingerprint density at radius 2 is 1.69 bits per heavy atom. The summed E-state index contributed by atoms with van der Waals surface area (Å²) in [6.45, 7) is 9.35. The van der Waals surface area contributed by atoms with Crippen molar-refractivity contribution in [2.75, 3.05) is 13.7 Å². The van der Waals surface area contributed by atoms with E-state index < -0.39 is 23.0 Å². The van der Waals surface area contributed by atoms with Gasteiger partial charge in [0, 0.05) is 11.9 Å². The number of carbonyl (C=O) groups is 2. The molecule has 1 fully saturated rings. The van der Waals surface area contributed by atoms with Crippen molar-refractivity contribution in [3.8, 4) is 11.5 Å². The number of hydrogen-bond acceptors (Lipinski definition) is 5. The molecule has 0 bridgehead atoms. The maximum atomic E-state index is 13.7. The number of ether oxygens (including phenoxy) is 2. The van der Waals surface area contributed by atoms with Gasteiger partial charge in [0.25, 0.3) is 11.5 Å². The van der Waals surface area contributed by atoms with Crippen LogP contribution in [0.2, 0.25) is 0 Å². The number of nitrogens with one attached hydrogen (secondary N) is 1. The largest absolute Gasteiger partial charge is 0.493 e. The van der Waals surface area contributed by atoms with Gasteiger partial charge in [-0.3, -0.25) is 9.59 Å². The standard InChI is InChI=1S/C27H36N2O6/c1-25(2)8-10-27(11-9-25,24(32)33)28-22(30)18-16-17-6-7-19(34-5)21-20(17)29(23(18)31)14-12-26(3,4)13-15-35-21/h6-7,16H,8-15H2,1-5H3,(H,28,30)(H,32,33). The second kappa shape index (κ2) is 8.88. The quantitative estimate of drug-likeness (QED) is 0.668. The first kappa shape index (κ1) is 25.1. The van der Waals surface area contributed by atoms with Crippen LogP contribution in [-0.2, 0) is 11.3 Å². The van der Waals surface area contributed by atoms with Gasteiger partial charge in [-0.2, -0.15) is 0 Å². The predicted octanol–water partition coefficient (Wildman–Crippen LogP) is 4.36. The van der Waals surface area contributed by atoms with E-state index in [1.807, 2.05) is 0 Å². The summed E-state index contributed by atoms with van der Waals surface area (Å²) in [4.78, 5) is 39.4. The first-order valence-electron chi connectivity index (χ1n) is 12.3. The van der Waals surface area contributed by atoms with Crippen LogP contribution in [0.1, 0.15) is 76.6 Å². The number of aryl methyl sites for hydroxylation is 1. The van der Waals surface area contributed by atoms with Gasteiger partial charge in [0.2, 0.25) is 0 Å². The summed E-state index contributed by atoms with van der Waals surface area (Å²) in [5.74, 6) is -0.698. The molecule has 0 radical (unpaired) electrons. The third kappa shape index (κ3) is 4.75. The van der Waals surface area contributed by atoms with E-state index in [-0.39, 0.29) is 16.4 Å². The zero-order valence-electron chi connectivity index (χ0n) is 21.3. The summed E-state index contributed by atoms with van der Waals surface area (Å²) in [7, 11) is 1.55. The van der Waals surface area contributed by atoms with Gasteiger partial charge in [-0.05, 0) is 67.6 Å². The monoisotopic (exact) mass is 484 g/mol. The molecule has 0 saturated heterocycles. The molecule has 1 aromatic heterocycles. The number of rotatable bonds is 4. The summed E-state index contributed by atoms with van der Waals surface area (Å²) < 4.78 is 13.2. The summed E-state index contributed by atoms with van der Waals surface area (Å²) in [6.07, 6.45) is 3.54. The third-order valence-corrected chi connectivity index (χ3v) is 7.89. The van der Waals surface area contributed by atoms with Crippen LogP contribution in [0.4, 0.5) is 0 Å². The van der Waals surface area contributed by atoms with Crippen molar-refractivity contribution in [1.29, 1.82) is 0 Å². The van der Waals surface area contributed by atoms with E-state index in [2.05, 4.69) is 33.0 Å². The highest BCUT2D eigenvalue weighted by Crippen LogP contribution is 2.41. The fourth-order valence-electron chi connectivity index (χ4n) is 5.10. The second-order valence-corrected chi connectivity index (χ2v) is 11.6. The molecule has 1 aliphatic carbocycles. The molecule has 1 aliphatic heterocycles. The van der Waals surface area contributed by atoms with Gasteiger partial charge in [0.1, 0.15) is 11.1 Å². The Hall–Kier alpha value is -3.03. The fourth-order valence-corrected chi connectivity index (χ4v) is 5.10. The lowest BCUT2D eigenvalue weighted by Crippen LogP contribution is -2.57. The van der Waals surface area contributed by atoms with E-state index in [1.165, 1.54) is 0 Å². The van der Waals surface area contributed by atoms with E-state index in [0.717, 1.165) is 12.8 Å². The fraction of sp³-hybridized carbons (Fsp3) is 0.593. The molecule has 2 aliphatic rings. The van der Waals surface area contributed by atoms with Crippen LogP contribution in [0, 0.1) is 10.8 Å². The van der Waals surface area contributed by atoms with E-state index in [1.54, 1.807) is 29.9 Å². The molecule has 8 heteroatoms. The van der Waals surface area contributed by atoms with Crippen molar-refractivity contribution in [3.05, 3.63) is 34.1 Å². The predicted molar refractivity (Wildman–Crippen MR) is 133 cm³/mol. The number of pyridine rings is 1. The van der Waals surface area contributed by atoms with Crippen molar-refractivity contribution in [2.24, 2.45) is 10.8 Å². The number of carboxylic acid groups (broad SMARTS) is 1. The Kier molecular flexibility index (Phi) is 6.36. The molecule has 0 spiro atoms. The van der Waals surface area contributed by atoms with Gasteiger partial charge in [-0.15, -0.1) is 0 Å². The zero-order chi connectivity index (χ0) is 25.6.